The molecule has 3 atom stereocenters. The summed E-state index contributed by atoms with van der Waals surface area (Å²) >= 11 is 3.53. The fraction of sp³-hybridized carbons (Fsp3) is 1.00. The molecule has 4 aliphatic rings. The first-order chi connectivity index (χ1) is 6.71. The Morgan fingerprint density at radius 1 is 1.14 bits per heavy atom. The molecule has 0 amide bonds. The average Bonchev–Trinajstić information content (AvgIpc) is 2.09. The van der Waals surface area contributed by atoms with Gasteiger partial charge in [0.15, 0.2) is 0 Å². The minimum absolute atomic E-state index is 0.261. The number of rotatable bonds is 2. The third-order valence-corrected chi connectivity index (χ3v) is 5.36. The Bertz CT molecular complexity index is 226. The number of hydrogen-bond acceptors (Lipinski definition) is 1. The van der Waals surface area contributed by atoms with Crippen molar-refractivity contribution in [1.82, 2.24) is 0 Å². The summed E-state index contributed by atoms with van der Waals surface area (Å²) in [4.78, 5) is 0. The van der Waals surface area contributed by atoms with Crippen LogP contribution in [0.2, 0.25) is 0 Å². The van der Waals surface area contributed by atoms with Gasteiger partial charge in [-0.05, 0) is 62.2 Å². The van der Waals surface area contributed by atoms with Gasteiger partial charge in [-0.1, -0.05) is 15.9 Å². The third-order valence-electron chi connectivity index (χ3n) is 4.90. The predicted molar refractivity (Wildman–Crippen MR) is 60.4 cm³/mol. The zero-order valence-electron chi connectivity index (χ0n) is 8.58. The van der Waals surface area contributed by atoms with E-state index in [4.69, 9.17) is 0 Å². The lowest BCUT2D eigenvalue weighted by Crippen LogP contribution is -2.57. The summed E-state index contributed by atoms with van der Waals surface area (Å²) in [6, 6.07) is 0. The summed E-state index contributed by atoms with van der Waals surface area (Å²) in [5, 5.41) is 11.7. The Morgan fingerprint density at radius 3 is 2.29 bits per heavy atom. The van der Waals surface area contributed by atoms with E-state index in [-0.39, 0.29) is 5.60 Å². The van der Waals surface area contributed by atoms with Gasteiger partial charge in [-0.15, -0.1) is 0 Å². The molecule has 0 aliphatic heterocycles. The van der Waals surface area contributed by atoms with Crippen molar-refractivity contribution < 1.29 is 5.11 Å². The lowest BCUT2D eigenvalue weighted by molar-refractivity contribution is -0.171. The largest absolute Gasteiger partial charge is 0.390 e. The highest BCUT2D eigenvalue weighted by Crippen LogP contribution is 2.59. The molecule has 0 spiro atoms. The van der Waals surface area contributed by atoms with E-state index in [1.807, 2.05) is 0 Å². The Hall–Kier alpha value is 0.440. The minimum atomic E-state index is -0.261. The highest BCUT2D eigenvalue weighted by Gasteiger charge is 2.55. The molecule has 4 saturated carbocycles. The second-order valence-electron chi connectivity index (χ2n) is 5.80. The zero-order valence-corrected chi connectivity index (χ0v) is 10.2. The van der Waals surface area contributed by atoms with Crippen LogP contribution in [0.25, 0.3) is 0 Å². The topological polar surface area (TPSA) is 20.2 Å². The quantitative estimate of drug-likeness (QED) is 0.756. The maximum absolute atomic E-state index is 10.7. The van der Waals surface area contributed by atoms with Crippen molar-refractivity contribution in [3.63, 3.8) is 0 Å². The lowest BCUT2D eigenvalue weighted by atomic mass is 9.49. The smallest absolute Gasteiger partial charge is 0.0684 e. The molecule has 1 N–H and O–H groups in total. The van der Waals surface area contributed by atoms with E-state index in [9.17, 15) is 5.11 Å². The number of hydrogen-bond donors (Lipinski definition) is 1. The monoisotopic (exact) mass is 258 g/mol. The van der Waals surface area contributed by atoms with E-state index in [1.54, 1.807) is 0 Å². The first-order valence-corrected chi connectivity index (χ1v) is 7.12. The van der Waals surface area contributed by atoms with Crippen molar-refractivity contribution in [3.8, 4) is 0 Å². The number of halogens is 1. The maximum Gasteiger partial charge on any atom is 0.0684 e. The van der Waals surface area contributed by atoms with Crippen LogP contribution in [0.5, 0.6) is 0 Å². The van der Waals surface area contributed by atoms with Crippen molar-refractivity contribution in [3.05, 3.63) is 0 Å². The highest BCUT2D eigenvalue weighted by atomic mass is 79.9. The van der Waals surface area contributed by atoms with Crippen LogP contribution in [0.4, 0.5) is 0 Å². The van der Waals surface area contributed by atoms with Crippen molar-refractivity contribution in [2.24, 2.45) is 23.7 Å². The molecule has 4 fully saturated rings. The van der Waals surface area contributed by atoms with Crippen LogP contribution in [-0.4, -0.2) is 16.0 Å². The summed E-state index contributed by atoms with van der Waals surface area (Å²) in [6.07, 6.45) is 7.64. The minimum Gasteiger partial charge on any atom is -0.390 e. The standard InChI is InChI=1S/C12H19BrO/c13-2-1-11-10-4-8-3-9(5-10)7-12(11,14)6-8/h8-11,14H,1-7H2. The fourth-order valence-electron chi connectivity index (χ4n) is 4.72. The molecular formula is C12H19BrO. The Labute approximate surface area is 94.4 Å². The summed E-state index contributed by atoms with van der Waals surface area (Å²) in [6.45, 7) is 0. The molecule has 0 aromatic rings. The summed E-state index contributed by atoms with van der Waals surface area (Å²) in [7, 11) is 0. The molecule has 14 heavy (non-hydrogen) atoms. The Kier molecular flexibility index (Phi) is 2.22. The van der Waals surface area contributed by atoms with Gasteiger partial charge in [-0.3, -0.25) is 0 Å². The van der Waals surface area contributed by atoms with Crippen LogP contribution in [0.15, 0.2) is 0 Å². The molecule has 0 saturated heterocycles. The van der Waals surface area contributed by atoms with Gasteiger partial charge in [0.1, 0.15) is 0 Å². The van der Waals surface area contributed by atoms with Crippen LogP contribution < -0.4 is 0 Å². The summed E-state index contributed by atoms with van der Waals surface area (Å²) in [5.41, 5.74) is -0.261. The van der Waals surface area contributed by atoms with Gasteiger partial charge in [0.05, 0.1) is 5.60 Å². The molecule has 0 aromatic carbocycles. The molecule has 0 aromatic heterocycles. The summed E-state index contributed by atoms with van der Waals surface area (Å²) < 4.78 is 0. The van der Waals surface area contributed by atoms with Gasteiger partial charge in [0, 0.05) is 5.33 Å². The van der Waals surface area contributed by atoms with Gasteiger partial charge < -0.3 is 5.11 Å². The third kappa shape index (κ3) is 1.30. The fourth-order valence-corrected chi connectivity index (χ4v) is 5.22. The molecule has 4 aliphatic carbocycles. The van der Waals surface area contributed by atoms with Gasteiger partial charge >= 0.3 is 0 Å². The first-order valence-electron chi connectivity index (χ1n) is 5.99. The normalized spacial score (nSPS) is 55.3. The van der Waals surface area contributed by atoms with E-state index >= 15 is 0 Å². The molecule has 4 bridgehead atoms. The van der Waals surface area contributed by atoms with Crippen molar-refractivity contribution in [2.75, 3.05) is 5.33 Å². The van der Waals surface area contributed by atoms with Crippen LogP contribution in [0, 0.1) is 23.7 Å². The molecular weight excluding hydrogens is 240 g/mol. The van der Waals surface area contributed by atoms with E-state index in [2.05, 4.69) is 15.9 Å². The molecule has 0 heterocycles. The van der Waals surface area contributed by atoms with Crippen LogP contribution in [0.3, 0.4) is 0 Å². The van der Waals surface area contributed by atoms with Crippen molar-refractivity contribution >= 4 is 15.9 Å². The second kappa shape index (κ2) is 3.21. The second-order valence-corrected chi connectivity index (χ2v) is 6.59. The maximum atomic E-state index is 10.7. The van der Waals surface area contributed by atoms with E-state index in [1.165, 1.54) is 25.7 Å². The number of aliphatic hydroxyl groups is 1. The zero-order chi connectivity index (χ0) is 9.76. The van der Waals surface area contributed by atoms with Crippen molar-refractivity contribution in [2.45, 2.75) is 44.1 Å². The molecule has 1 nitrogen and oxygen atoms in total. The van der Waals surface area contributed by atoms with Gasteiger partial charge in [0.25, 0.3) is 0 Å². The first kappa shape index (κ1) is 9.65. The molecule has 3 unspecified atom stereocenters. The molecule has 2 heteroatoms. The van der Waals surface area contributed by atoms with Crippen LogP contribution in [0.1, 0.15) is 38.5 Å². The molecule has 0 radical (unpaired) electrons. The lowest BCUT2D eigenvalue weighted by Gasteiger charge is -2.59. The van der Waals surface area contributed by atoms with Gasteiger partial charge in [-0.25, -0.2) is 0 Å². The Morgan fingerprint density at radius 2 is 1.79 bits per heavy atom. The number of alkyl halides is 1. The molecule has 4 rings (SSSR count). The average molecular weight is 259 g/mol. The summed E-state index contributed by atoms with van der Waals surface area (Å²) in [5.74, 6) is 3.19. The van der Waals surface area contributed by atoms with Crippen LogP contribution in [-0.2, 0) is 0 Å². The van der Waals surface area contributed by atoms with Crippen molar-refractivity contribution in [1.29, 1.82) is 0 Å². The van der Waals surface area contributed by atoms with E-state index in [0.717, 1.165) is 35.9 Å². The van der Waals surface area contributed by atoms with E-state index in [0.29, 0.717) is 5.92 Å². The van der Waals surface area contributed by atoms with Crippen LogP contribution >= 0.6 is 15.9 Å². The SMILES string of the molecule is OC12CC3CC(CC(C3)C1CCBr)C2. The highest BCUT2D eigenvalue weighted by molar-refractivity contribution is 9.09. The Balaban J connectivity index is 1.86. The van der Waals surface area contributed by atoms with E-state index < -0.39 is 0 Å². The van der Waals surface area contributed by atoms with Gasteiger partial charge in [-0.2, -0.15) is 0 Å². The molecule has 80 valence electrons. The predicted octanol–water partition coefficient (Wildman–Crippen LogP) is 2.96. The van der Waals surface area contributed by atoms with Gasteiger partial charge in [0.2, 0.25) is 0 Å².